The molecule has 6 heteroatoms. The predicted molar refractivity (Wildman–Crippen MR) is 109 cm³/mol. The Morgan fingerprint density at radius 2 is 1.67 bits per heavy atom. The number of carbonyl (C=O) groups excluding carboxylic acids is 1. The second-order valence-corrected chi connectivity index (χ2v) is 7.12. The van der Waals surface area contributed by atoms with Crippen molar-refractivity contribution in [2.75, 3.05) is 11.1 Å². The zero-order valence-corrected chi connectivity index (χ0v) is 16.3. The zero-order valence-electron chi connectivity index (χ0n) is 15.5. The van der Waals surface area contributed by atoms with Gasteiger partial charge in [0, 0.05) is 11.4 Å². The monoisotopic (exact) mass is 379 g/mol. The van der Waals surface area contributed by atoms with Crippen molar-refractivity contribution in [1.82, 2.24) is 9.97 Å². The van der Waals surface area contributed by atoms with Gasteiger partial charge in [0.15, 0.2) is 10.9 Å². The number of thioether (sulfide) groups is 1. The lowest BCUT2D eigenvalue weighted by molar-refractivity contribution is -0.113. The number of ether oxygens (including phenoxy) is 1. The van der Waals surface area contributed by atoms with Crippen molar-refractivity contribution in [3.05, 3.63) is 71.5 Å². The van der Waals surface area contributed by atoms with Crippen molar-refractivity contribution >= 4 is 23.4 Å². The zero-order chi connectivity index (χ0) is 19.2. The largest absolute Gasteiger partial charge is 0.455 e. The van der Waals surface area contributed by atoms with Crippen LogP contribution in [0.25, 0.3) is 0 Å². The summed E-state index contributed by atoms with van der Waals surface area (Å²) in [5, 5.41) is 3.50. The normalized spacial score (nSPS) is 10.5. The van der Waals surface area contributed by atoms with Crippen LogP contribution in [0.3, 0.4) is 0 Å². The predicted octanol–water partition coefficient (Wildman–Crippen LogP) is 4.92. The van der Waals surface area contributed by atoms with E-state index in [4.69, 9.17) is 4.74 Å². The smallest absolute Gasteiger partial charge is 0.234 e. The fraction of sp³-hybridized carbons (Fsp3) is 0.190. The topological polar surface area (TPSA) is 64.1 Å². The van der Waals surface area contributed by atoms with Gasteiger partial charge in [-0.2, -0.15) is 0 Å². The van der Waals surface area contributed by atoms with Gasteiger partial charge in [0.2, 0.25) is 5.91 Å². The maximum atomic E-state index is 12.4. The standard InChI is InChI=1S/C21H21N3O2S/c1-14-8-10-17(11-9-14)26-19-7-5-4-6-18(19)24-20(25)13-27-21-22-15(2)12-16(3)23-21/h4-12H,13H2,1-3H3,(H,24,25). The number of carbonyl (C=O) groups is 1. The molecule has 3 rings (SSSR count). The molecule has 5 nitrogen and oxygen atoms in total. The molecule has 0 aliphatic carbocycles. The third-order valence-corrected chi connectivity index (χ3v) is 4.55. The summed E-state index contributed by atoms with van der Waals surface area (Å²) in [6.45, 7) is 5.85. The first-order chi connectivity index (χ1) is 13.0. The molecule has 0 atom stereocenters. The highest BCUT2D eigenvalue weighted by Gasteiger charge is 2.10. The van der Waals surface area contributed by atoms with Gasteiger partial charge >= 0.3 is 0 Å². The summed E-state index contributed by atoms with van der Waals surface area (Å²) in [5.41, 5.74) is 3.57. The second kappa shape index (κ2) is 8.68. The van der Waals surface area contributed by atoms with Crippen LogP contribution < -0.4 is 10.1 Å². The fourth-order valence-electron chi connectivity index (χ4n) is 2.47. The number of nitrogens with one attached hydrogen (secondary N) is 1. The average Bonchev–Trinajstić information content (AvgIpc) is 2.63. The van der Waals surface area contributed by atoms with Gasteiger partial charge in [-0.1, -0.05) is 41.6 Å². The molecular formula is C21H21N3O2S. The highest BCUT2D eigenvalue weighted by Crippen LogP contribution is 2.29. The number of benzene rings is 2. The van der Waals surface area contributed by atoms with E-state index in [1.54, 1.807) is 0 Å². The molecule has 27 heavy (non-hydrogen) atoms. The Hall–Kier alpha value is -2.86. The third-order valence-electron chi connectivity index (χ3n) is 3.70. The van der Waals surface area contributed by atoms with Gasteiger partial charge in [-0.25, -0.2) is 9.97 Å². The molecule has 0 radical (unpaired) electrons. The van der Waals surface area contributed by atoms with Gasteiger partial charge in [-0.3, -0.25) is 4.79 Å². The van der Waals surface area contributed by atoms with E-state index >= 15 is 0 Å². The van der Waals surface area contributed by atoms with Gasteiger partial charge < -0.3 is 10.1 Å². The molecule has 0 saturated heterocycles. The first-order valence-electron chi connectivity index (χ1n) is 8.58. The average molecular weight is 379 g/mol. The Bertz CT molecular complexity index is 922. The van der Waals surface area contributed by atoms with E-state index in [-0.39, 0.29) is 11.7 Å². The van der Waals surface area contributed by atoms with E-state index in [2.05, 4.69) is 15.3 Å². The summed E-state index contributed by atoms with van der Waals surface area (Å²) in [4.78, 5) is 21.0. The van der Waals surface area contributed by atoms with Crippen molar-refractivity contribution in [2.45, 2.75) is 25.9 Å². The summed E-state index contributed by atoms with van der Waals surface area (Å²) in [6.07, 6.45) is 0. The fourth-order valence-corrected chi connectivity index (χ4v) is 3.22. The van der Waals surface area contributed by atoms with Crippen molar-refractivity contribution in [3.63, 3.8) is 0 Å². The Morgan fingerprint density at radius 3 is 2.37 bits per heavy atom. The lowest BCUT2D eigenvalue weighted by Crippen LogP contribution is -2.15. The van der Waals surface area contributed by atoms with Crippen LogP contribution in [0.2, 0.25) is 0 Å². The molecular weight excluding hydrogens is 358 g/mol. The number of rotatable bonds is 6. The number of hydrogen-bond acceptors (Lipinski definition) is 5. The molecule has 3 aromatic rings. The SMILES string of the molecule is Cc1ccc(Oc2ccccc2NC(=O)CSc2nc(C)cc(C)n2)cc1. The molecule has 1 aromatic heterocycles. The van der Waals surface area contributed by atoms with E-state index in [1.807, 2.05) is 75.4 Å². The summed E-state index contributed by atoms with van der Waals surface area (Å²) >= 11 is 1.31. The van der Waals surface area contributed by atoms with E-state index < -0.39 is 0 Å². The van der Waals surface area contributed by atoms with Crippen LogP contribution in [0.4, 0.5) is 5.69 Å². The number of para-hydroxylation sites is 2. The number of hydrogen-bond donors (Lipinski definition) is 1. The van der Waals surface area contributed by atoms with Gasteiger partial charge in [0.05, 0.1) is 11.4 Å². The molecule has 1 amide bonds. The lowest BCUT2D eigenvalue weighted by atomic mass is 10.2. The van der Waals surface area contributed by atoms with Crippen LogP contribution in [-0.4, -0.2) is 21.6 Å². The third kappa shape index (κ3) is 5.56. The number of amides is 1. The maximum Gasteiger partial charge on any atom is 0.234 e. The van der Waals surface area contributed by atoms with E-state index in [0.717, 1.165) is 22.7 Å². The van der Waals surface area contributed by atoms with Gasteiger partial charge in [0.1, 0.15) is 5.75 Å². The first kappa shape index (κ1) is 18.9. The Labute approximate surface area is 163 Å². The van der Waals surface area contributed by atoms with Crippen molar-refractivity contribution in [2.24, 2.45) is 0 Å². The Kier molecular flexibility index (Phi) is 6.08. The van der Waals surface area contributed by atoms with Crippen molar-refractivity contribution in [1.29, 1.82) is 0 Å². The molecule has 0 bridgehead atoms. The number of nitrogens with zero attached hydrogens (tertiary/aromatic N) is 2. The minimum atomic E-state index is -0.136. The number of aryl methyl sites for hydroxylation is 3. The highest BCUT2D eigenvalue weighted by atomic mass is 32.2. The Morgan fingerprint density at radius 1 is 1.00 bits per heavy atom. The van der Waals surface area contributed by atoms with E-state index in [0.29, 0.717) is 16.6 Å². The number of anilines is 1. The van der Waals surface area contributed by atoms with Crippen LogP contribution in [0.5, 0.6) is 11.5 Å². The summed E-state index contributed by atoms with van der Waals surface area (Å²) in [6, 6.07) is 17.1. The minimum Gasteiger partial charge on any atom is -0.455 e. The first-order valence-corrected chi connectivity index (χ1v) is 9.56. The molecule has 0 aliphatic rings. The summed E-state index contributed by atoms with van der Waals surface area (Å²) < 4.78 is 5.91. The molecule has 0 fully saturated rings. The highest BCUT2D eigenvalue weighted by molar-refractivity contribution is 7.99. The van der Waals surface area contributed by atoms with Crippen LogP contribution in [0, 0.1) is 20.8 Å². The van der Waals surface area contributed by atoms with E-state index in [9.17, 15) is 4.79 Å². The van der Waals surface area contributed by atoms with Crippen molar-refractivity contribution < 1.29 is 9.53 Å². The summed E-state index contributed by atoms with van der Waals surface area (Å²) in [7, 11) is 0. The van der Waals surface area contributed by atoms with Gasteiger partial charge in [-0.15, -0.1) is 0 Å². The lowest BCUT2D eigenvalue weighted by Gasteiger charge is -2.12. The van der Waals surface area contributed by atoms with Crippen molar-refractivity contribution in [3.8, 4) is 11.5 Å². The minimum absolute atomic E-state index is 0.136. The molecule has 0 aliphatic heterocycles. The van der Waals surface area contributed by atoms with Crippen LogP contribution in [0.15, 0.2) is 59.8 Å². The van der Waals surface area contributed by atoms with Gasteiger partial charge in [-0.05, 0) is 51.1 Å². The quantitative estimate of drug-likeness (QED) is 0.486. The molecule has 0 unspecified atom stereocenters. The molecule has 1 N–H and O–H groups in total. The molecule has 0 saturated carbocycles. The van der Waals surface area contributed by atoms with Crippen LogP contribution in [-0.2, 0) is 4.79 Å². The van der Waals surface area contributed by atoms with Crippen LogP contribution >= 0.6 is 11.8 Å². The van der Waals surface area contributed by atoms with Gasteiger partial charge in [0.25, 0.3) is 0 Å². The Balaban J connectivity index is 1.64. The number of aromatic nitrogens is 2. The van der Waals surface area contributed by atoms with E-state index in [1.165, 1.54) is 11.8 Å². The maximum absolute atomic E-state index is 12.4. The second-order valence-electron chi connectivity index (χ2n) is 6.18. The molecule has 2 aromatic carbocycles. The molecule has 0 spiro atoms. The molecule has 1 heterocycles. The molecule has 138 valence electrons. The summed E-state index contributed by atoms with van der Waals surface area (Å²) in [5.74, 6) is 1.41. The van der Waals surface area contributed by atoms with Crippen LogP contribution in [0.1, 0.15) is 17.0 Å².